The van der Waals surface area contributed by atoms with Crippen molar-refractivity contribution in [3.05, 3.63) is 41.6 Å². The van der Waals surface area contributed by atoms with Crippen LogP contribution in [0, 0.1) is 5.92 Å². The van der Waals surface area contributed by atoms with Crippen molar-refractivity contribution in [1.82, 2.24) is 0 Å². The highest BCUT2D eigenvalue weighted by molar-refractivity contribution is 6.32. The van der Waals surface area contributed by atoms with Gasteiger partial charge in [-0.15, -0.1) is 0 Å². The van der Waals surface area contributed by atoms with Crippen LogP contribution in [-0.2, 0) is 4.79 Å². The number of ether oxygens (including phenoxy) is 1. The number of fused-ring (bicyclic) bond motifs is 1. The fraction of sp³-hybridized carbons (Fsp3) is 0.368. The summed E-state index contributed by atoms with van der Waals surface area (Å²) < 4.78 is 5.74. The average Bonchev–Trinajstić information content (AvgIpc) is 3.05. The van der Waals surface area contributed by atoms with Crippen LogP contribution < -0.4 is 10.1 Å². The van der Waals surface area contributed by atoms with Crippen LogP contribution in [0.1, 0.15) is 39.7 Å². The van der Waals surface area contributed by atoms with E-state index in [4.69, 9.17) is 4.74 Å². The van der Waals surface area contributed by atoms with Crippen molar-refractivity contribution in [3.8, 4) is 5.75 Å². The van der Waals surface area contributed by atoms with Crippen molar-refractivity contribution in [2.45, 2.75) is 40.2 Å². The summed E-state index contributed by atoms with van der Waals surface area (Å²) in [5.74, 6) is 1.14. The third kappa shape index (κ3) is 3.21. The number of carbonyl (C=O) groups excluding carboxylic acids is 1. The Morgan fingerprint density at radius 1 is 1.26 bits per heavy atom. The second kappa shape index (κ2) is 6.03. The molecule has 1 aromatic rings. The quantitative estimate of drug-likeness (QED) is 0.848. The Morgan fingerprint density at radius 2 is 2.04 bits per heavy atom. The number of anilines is 1. The minimum absolute atomic E-state index is 0.0689. The second-order valence-corrected chi connectivity index (χ2v) is 6.54. The number of nitrogens with zero attached hydrogens (tertiary/aromatic N) is 1. The van der Waals surface area contributed by atoms with Gasteiger partial charge < -0.3 is 10.1 Å². The molecule has 0 aromatic heterocycles. The van der Waals surface area contributed by atoms with Crippen LogP contribution in [0.5, 0.6) is 5.75 Å². The normalized spacial score (nSPS) is 18.3. The van der Waals surface area contributed by atoms with Gasteiger partial charge in [0.1, 0.15) is 5.75 Å². The molecule has 2 aliphatic rings. The highest BCUT2D eigenvalue weighted by atomic mass is 16.5. The van der Waals surface area contributed by atoms with E-state index < -0.39 is 0 Å². The lowest BCUT2D eigenvalue weighted by atomic mass is 9.99. The molecular weight excluding hydrogens is 288 g/mol. The van der Waals surface area contributed by atoms with Crippen LogP contribution in [0.4, 0.5) is 5.69 Å². The molecule has 1 N–H and O–H groups in total. The SMILES string of the molecule is CC(C)Oc1ccc2c(c1)/C(=C/C1=CN=C(C(C)C)C1)C(=O)N2. The lowest BCUT2D eigenvalue weighted by Crippen LogP contribution is -2.06. The zero-order chi connectivity index (χ0) is 16.6. The van der Waals surface area contributed by atoms with Crippen LogP contribution >= 0.6 is 0 Å². The number of amides is 1. The molecule has 2 heterocycles. The highest BCUT2D eigenvalue weighted by Gasteiger charge is 2.25. The zero-order valence-corrected chi connectivity index (χ0v) is 14.0. The molecule has 0 aliphatic carbocycles. The fourth-order valence-corrected chi connectivity index (χ4v) is 2.75. The van der Waals surface area contributed by atoms with Crippen molar-refractivity contribution in [3.63, 3.8) is 0 Å². The van der Waals surface area contributed by atoms with E-state index in [0.29, 0.717) is 11.5 Å². The van der Waals surface area contributed by atoms with Gasteiger partial charge in [-0.1, -0.05) is 13.8 Å². The Balaban J connectivity index is 1.88. The van der Waals surface area contributed by atoms with Crippen molar-refractivity contribution >= 4 is 22.9 Å². The molecule has 120 valence electrons. The first-order valence-corrected chi connectivity index (χ1v) is 8.03. The maximum absolute atomic E-state index is 12.3. The summed E-state index contributed by atoms with van der Waals surface area (Å²) in [7, 11) is 0. The van der Waals surface area contributed by atoms with Crippen LogP contribution in [0.25, 0.3) is 5.57 Å². The van der Waals surface area contributed by atoms with E-state index in [1.807, 2.05) is 44.3 Å². The molecule has 4 nitrogen and oxygen atoms in total. The third-order valence-electron chi connectivity index (χ3n) is 3.92. The predicted octanol–water partition coefficient (Wildman–Crippen LogP) is 4.19. The summed E-state index contributed by atoms with van der Waals surface area (Å²) in [6.07, 6.45) is 4.72. The minimum atomic E-state index is -0.0689. The minimum Gasteiger partial charge on any atom is -0.491 e. The molecule has 4 heteroatoms. The Hall–Kier alpha value is -2.36. The molecule has 23 heavy (non-hydrogen) atoms. The smallest absolute Gasteiger partial charge is 0.256 e. The largest absolute Gasteiger partial charge is 0.491 e. The van der Waals surface area contributed by atoms with E-state index in [9.17, 15) is 4.79 Å². The maximum atomic E-state index is 12.3. The zero-order valence-electron chi connectivity index (χ0n) is 14.0. The first kappa shape index (κ1) is 15.5. The number of carbonyl (C=O) groups is 1. The Kier molecular flexibility index (Phi) is 4.07. The first-order chi connectivity index (χ1) is 10.9. The maximum Gasteiger partial charge on any atom is 0.256 e. The summed E-state index contributed by atoms with van der Waals surface area (Å²) in [5, 5.41) is 2.91. The Bertz CT molecular complexity index is 740. The van der Waals surface area contributed by atoms with E-state index in [0.717, 1.165) is 34.7 Å². The lowest BCUT2D eigenvalue weighted by molar-refractivity contribution is -0.110. The molecule has 0 fully saturated rings. The molecule has 2 aliphatic heterocycles. The molecule has 0 atom stereocenters. The van der Waals surface area contributed by atoms with Gasteiger partial charge in [-0.05, 0) is 49.6 Å². The van der Waals surface area contributed by atoms with E-state index in [1.165, 1.54) is 0 Å². The van der Waals surface area contributed by atoms with Crippen molar-refractivity contribution in [1.29, 1.82) is 0 Å². The predicted molar refractivity (Wildman–Crippen MR) is 93.8 cm³/mol. The van der Waals surface area contributed by atoms with Crippen LogP contribution in [0.15, 0.2) is 41.0 Å². The molecule has 0 saturated heterocycles. The van der Waals surface area contributed by atoms with Gasteiger partial charge in [0.15, 0.2) is 0 Å². The number of nitrogens with one attached hydrogen (secondary N) is 1. The van der Waals surface area contributed by atoms with Crippen LogP contribution in [0.2, 0.25) is 0 Å². The average molecular weight is 310 g/mol. The number of hydrogen-bond donors (Lipinski definition) is 1. The van der Waals surface area contributed by atoms with Gasteiger partial charge in [0.25, 0.3) is 5.91 Å². The Labute approximate surface area is 137 Å². The lowest BCUT2D eigenvalue weighted by Gasteiger charge is -2.10. The summed E-state index contributed by atoms with van der Waals surface area (Å²) in [4.78, 5) is 16.7. The molecule has 0 spiro atoms. The Morgan fingerprint density at radius 3 is 2.70 bits per heavy atom. The van der Waals surface area contributed by atoms with Gasteiger partial charge >= 0.3 is 0 Å². The molecule has 0 bridgehead atoms. The molecule has 0 unspecified atom stereocenters. The van der Waals surface area contributed by atoms with Gasteiger partial charge in [-0.3, -0.25) is 9.79 Å². The monoisotopic (exact) mass is 310 g/mol. The number of allylic oxidation sites excluding steroid dienone is 2. The molecular formula is C19H22N2O2. The van der Waals surface area contributed by atoms with Crippen LogP contribution in [-0.4, -0.2) is 17.7 Å². The van der Waals surface area contributed by atoms with Crippen molar-refractivity contribution in [2.75, 3.05) is 5.32 Å². The summed E-state index contributed by atoms with van der Waals surface area (Å²) >= 11 is 0. The highest BCUT2D eigenvalue weighted by Crippen LogP contribution is 2.36. The van der Waals surface area contributed by atoms with E-state index in [2.05, 4.69) is 24.2 Å². The topological polar surface area (TPSA) is 50.7 Å². The number of benzene rings is 1. The first-order valence-electron chi connectivity index (χ1n) is 8.03. The number of hydrogen-bond acceptors (Lipinski definition) is 3. The fourth-order valence-electron chi connectivity index (χ4n) is 2.75. The van der Waals surface area contributed by atoms with Crippen LogP contribution in [0.3, 0.4) is 0 Å². The van der Waals surface area contributed by atoms with Gasteiger partial charge in [0.05, 0.1) is 6.10 Å². The summed E-state index contributed by atoms with van der Waals surface area (Å²) in [5.41, 5.74) is 4.64. The molecule has 1 amide bonds. The van der Waals surface area contributed by atoms with Gasteiger partial charge in [-0.2, -0.15) is 0 Å². The van der Waals surface area contributed by atoms with Gasteiger partial charge in [0, 0.05) is 35.2 Å². The van der Waals surface area contributed by atoms with E-state index in [1.54, 1.807) is 0 Å². The number of rotatable bonds is 4. The van der Waals surface area contributed by atoms with Crippen molar-refractivity contribution < 1.29 is 9.53 Å². The standard InChI is InChI=1S/C19H22N2O2/c1-11(2)18-8-13(10-20-18)7-16-15-9-14(23-12(3)4)5-6-17(15)21-19(16)22/h5-7,9-12H,8H2,1-4H3,(H,21,22)/b16-7-. The second-order valence-electron chi connectivity index (χ2n) is 6.54. The summed E-state index contributed by atoms with van der Waals surface area (Å²) in [6, 6.07) is 5.71. The van der Waals surface area contributed by atoms with Gasteiger partial charge in [-0.25, -0.2) is 0 Å². The third-order valence-corrected chi connectivity index (χ3v) is 3.92. The van der Waals surface area contributed by atoms with Crippen molar-refractivity contribution in [2.24, 2.45) is 10.9 Å². The van der Waals surface area contributed by atoms with Gasteiger partial charge in [0.2, 0.25) is 0 Å². The summed E-state index contributed by atoms with van der Waals surface area (Å²) in [6.45, 7) is 8.24. The molecule has 1 aromatic carbocycles. The molecule has 0 radical (unpaired) electrons. The molecule has 0 saturated carbocycles. The molecule has 3 rings (SSSR count). The van der Waals surface area contributed by atoms with E-state index >= 15 is 0 Å². The van der Waals surface area contributed by atoms with E-state index in [-0.39, 0.29) is 12.0 Å². The number of aliphatic imine (C=N–C) groups is 1.